The molecule has 0 fully saturated rings. The van der Waals surface area contributed by atoms with Gasteiger partial charge in [0.25, 0.3) is 0 Å². The highest BCUT2D eigenvalue weighted by Gasteiger charge is 2.33. The Morgan fingerprint density at radius 1 is 1.00 bits per heavy atom. The molecule has 0 unspecified atom stereocenters. The maximum atomic E-state index is 9.40. The van der Waals surface area contributed by atoms with Crippen LogP contribution in [-0.2, 0) is 9.47 Å². The van der Waals surface area contributed by atoms with Gasteiger partial charge < -0.3 is 29.9 Å². The summed E-state index contributed by atoms with van der Waals surface area (Å²) in [6, 6.07) is 0. The first-order valence-corrected chi connectivity index (χ1v) is 4.01. The number of ether oxygens (including phenoxy) is 2. The minimum Gasteiger partial charge on any atom is -0.394 e. The van der Waals surface area contributed by atoms with Gasteiger partial charge in [0.2, 0.25) is 0 Å². The maximum absolute atomic E-state index is 9.40. The number of aliphatic hydroxyl groups is 4. The van der Waals surface area contributed by atoms with Crippen LogP contribution in [-0.4, -0.2) is 72.2 Å². The summed E-state index contributed by atoms with van der Waals surface area (Å²) in [7, 11) is -1.00. The molecule has 0 aliphatic rings. The molecular weight excluding hydrogens is 192 g/mol. The van der Waals surface area contributed by atoms with Gasteiger partial charge >= 0.3 is 0 Å². The van der Waals surface area contributed by atoms with E-state index in [4.69, 9.17) is 22.4 Å². The summed E-state index contributed by atoms with van der Waals surface area (Å²) in [6.45, 7) is -1.28. The molecule has 0 saturated heterocycles. The molecule has 86 valence electrons. The van der Waals surface area contributed by atoms with Crippen LogP contribution in [0.15, 0.2) is 0 Å². The zero-order valence-electron chi connectivity index (χ0n) is 9.74. The molecule has 0 aromatic heterocycles. The Morgan fingerprint density at radius 2 is 1.36 bits per heavy atom. The second-order valence-electron chi connectivity index (χ2n) is 2.76. The molecule has 4 atom stereocenters. The molecule has 6 heteroatoms. The molecule has 0 saturated carbocycles. The summed E-state index contributed by atoms with van der Waals surface area (Å²) in [5.74, 6) is 0. The molecule has 0 bridgehead atoms. The predicted octanol–water partition coefficient (Wildman–Crippen LogP) is -2.28. The fourth-order valence-electron chi connectivity index (χ4n) is 1.06. The van der Waals surface area contributed by atoms with E-state index in [2.05, 4.69) is 0 Å². The van der Waals surface area contributed by atoms with Crippen LogP contribution < -0.4 is 0 Å². The first-order chi connectivity index (χ1) is 7.62. The largest absolute Gasteiger partial charge is 0.394 e. The zero-order valence-corrected chi connectivity index (χ0v) is 7.74. The molecule has 0 spiro atoms. The van der Waals surface area contributed by atoms with Crippen LogP contribution in [0.1, 0.15) is 2.74 Å². The van der Waals surface area contributed by atoms with Crippen LogP contribution in [0.25, 0.3) is 0 Å². The van der Waals surface area contributed by atoms with E-state index in [0.29, 0.717) is 0 Å². The summed E-state index contributed by atoms with van der Waals surface area (Å²) < 4.78 is 23.3. The van der Waals surface area contributed by atoms with E-state index < -0.39 is 51.8 Å². The summed E-state index contributed by atoms with van der Waals surface area (Å²) in [4.78, 5) is 0. The van der Waals surface area contributed by atoms with Gasteiger partial charge in [0.15, 0.2) is 0 Å². The summed E-state index contributed by atoms with van der Waals surface area (Å²) in [6.07, 6.45) is -5.06. The molecule has 6 nitrogen and oxygen atoms in total. The highest BCUT2D eigenvalue weighted by atomic mass is 16.5. The van der Waals surface area contributed by atoms with Gasteiger partial charge in [0.1, 0.15) is 24.4 Å². The fourth-order valence-corrected chi connectivity index (χ4v) is 1.06. The topological polar surface area (TPSA) is 99.4 Å². The Kier molecular flexibility index (Phi) is 5.22. The van der Waals surface area contributed by atoms with Crippen molar-refractivity contribution in [1.29, 1.82) is 0 Å². The molecule has 0 aromatic rings. The van der Waals surface area contributed by atoms with E-state index in [-0.39, 0.29) is 0 Å². The lowest BCUT2D eigenvalue weighted by Crippen LogP contribution is -2.49. The van der Waals surface area contributed by atoms with Gasteiger partial charge in [-0.3, -0.25) is 0 Å². The van der Waals surface area contributed by atoms with Crippen molar-refractivity contribution in [1.82, 2.24) is 0 Å². The van der Waals surface area contributed by atoms with Crippen molar-refractivity contribution in [2.45, 2.75) is 24.4 Å². The smallest absolute Gasteiger partial charge is 0.114 e. The molecule has 0 amide bonds. The van der Waals surface area contributed by atoms with Gasteiger partial charge in [0, 0.05) is 14.2 Å². The molecule has 0 radical (unpaired) electrons. The molecule has 0 heterocycles. The minimum atomic E-state index is -1.36. The van der Waals surface area contributed by atoms with Gasteiger partial charge in [-0.15, -0.1) is 0 Å². The number of rotatable bonds is 7. The molecule has 0 aliphatic heterocycles. The second kappa shape index (κ2) is 7.10. The summed E-state index contributed by atoms with van der Waals surface area (Å²) in [5, 5.41) is 36.3. The normalized spacial score (nSPS) is 22.0. The molecular formula is C8H18O6. The Balaban J connectivity index is 4.63. The zero-order chi connectivity index (χ0) is 12.6. The van der Waals surface area contributed by atoms with Crippen molar-refractivity contribution in [3.05, 3.63) is 0 Å². The number of hydrogen-bond acceptors (Lipinski definition) is 6. The van der Waals surface area contributed by atoms with Crippen molar-refractivity contribution in [2.75, 3.05) is 27.4 Å². The second-order valence-corrected chi connectivity index (χ2v) is 2.76. The Bertz CT molecular complexity index is 155. The number of methoxy groups -OCH3 is 2. The average Bonchev–Trinajstić information content (AvgIpc) is 2.31. The quantitative estimate of drug-likeness (QED) is 0.379. The Labute approximate surface area is 85.5 Å². The van der Waals surface area contributed by atoms with Gasteiger partial charge in [-0.05, 0) is 0 Å². The van der Waals surface area contributed by atoms with Crippen LogP contribution in [0.3, 0.4) is 0 Å². The van der Waals surface area contributed by atoms with Crippen molar-refractivity contribution < 1.29 is 32.6 Å². The third kappa shape index (κ3) is 3.49. The summed E-state index contributed by atoms with van der Waals surface area (Å²) >= 11 is 0. The van der Waals surface area contributed by atoms with Crippen molar-refractivity contribution in [3.63, 3.8) is 0 Å². The molecule has 0 rings (SSSR count). The van der Waals surface area contributed by atoms with Crippen molar-refractivity contribution in [2.24, 2.45) is 0 Å². The predicted molar refractivity (Wildman–Crippen MR) is 47.8 cm³/mol. The van der Waals surface area contributed by atoms with Crippen LogP contribution in [0.5, 0.6) is 0 Å². The first kappa shape index (κ1) is 10.3. The van der Waals surface area contributed by atoms with E-state index in [9.17, 15) is 10.2 Å². The van der Waals surface area contributed by atoms with Crippen molar-refractivity contribution >= 4 is 0 Å². The van der Waals surface area contributed by atoms with Crippen LogP contribution in [0.4, 0.5) is 0 Å². The number of aliphatic hydroxyl groups excluding tert-OH is 4. The Hall–Kier alpha value is -0.240. The summed E-state index contributed by atoms with van der Waals surface area (Å²) in [5.41, 5.74) is 0. The van der Waals surface area contributed by atoms with Gasteiger partial charge in [-0.2, -0.15) is 0 Å². The Morgan fingerprint density at radius 3 is 1.57 bits per heavy atom. The lowest BCUT2D eigenvalue weighted by molar-refractivity contribution is -0.149. The first-order valence-electron chi connectivity index (χ1n) is 5.43. The average molecular weight is 212 g/mol. The van der Waals surface area contributed by atoms with Gasteiger partial charge in [-0.25, -0.2) is 0 Å². The molecule has 4 N–H and O–H groups in total. The minimum absolute atomic E-state index is 0.502. The van der Waals surface area contributed by atoms with E-state index in [1.165, 1.54) is 0 Å². The van der Waals surface area contributed by atoms with Crippen LogP contribution in [0, 0.1) is 0 Å². The van der Waals surface area contributed by atoms with Crippen LogP contribution >= 0.6 is 0 Å². The molecule has 0 aliphatic carbocycles. The van der Waals surface area contributed by atoms with Gasteiger partial charge in [-0.1, -0.05) is 0 Å². The molecule has 14 heavy (non-hydrogen) atoms. The fraction of sp³-hybridized carbons (Fsp3) is 1.00. The third-order valence-corrected chi connectivity index (χ3v) is 1.84. The van der Waals surface area contributed by atoms with E-state index in [0.717, 1.165) is 0 Å². The monoisotopic (exact) mass is 212 g/mol. The third-order valence-electron chi connectivity index (χ3n) is 1.84. The van der Waals surface area contributed by atoms with Gasteiger partial charge in [0.05, 0.1) is 16.0 Å². The molecule has 0 aromatic carbocycles. The van der Waals surface area contributed by atoms with E-state index in [1.807, 2.05) is 0 Å². The van der Waals surface area contributed by atoms with E-state index >= 15 is 0 Å². The van der Waals surface area contributed by atoms with Crippen molar-refractivity contribution in [3.8, 4) is 0 Å². The maximum Gasteiger partial charge on any atom is 0.114 e. The highest BCUT2D eigenvalue weighted by Crippen LogP contribution is 2.11. The number of hydrogen-bond donors (Lipinski definition) is 4. The standard InChI is InChI=1S/C8H18O6/c1-13-7(5(11)3-9)8(14-2)6(12)4-10/h5-12H,3-4H2,1-2H3/t5-,6+,7-,8-/m1/s1/i1D,2D. The highest BCUT2D eigenvalue weighted by molar-refractivity contribution is 4.82. The van der Waals surface area contributed by atoms with E-state index in [1.54, 1.807) is 0 Å². The lowest BCUT2D eigenvalue weighted by Gasteiger charge is -2.30. The van der Waals surface area contributed by atoms with Crippen LogP contribution in [0.2, 0.25) is 0 Å². The SMILES string of the molecule is [2H]CO[C@@H]([C@H](OC[2H])[C@@H](O)CO)[C@H](O)CO. The lowest BCUT2D eigenvalue weighted by atomic mass is 10.0.